The van der Waals surface area contributed by atoms with Crippen LogP contribution in [-0.2, 0) is 14.8 Å². The van der Waals surface area contributed by atoms with Gasteiger partial charge in [-0.3, -0.25) is 4.99 Å². The zero-order chi connectivity index (χ0) is 19.5. The maximum absolute atomic E-state index is 12.2. The summed E-state index contributed by atoms with van der Waals surface area (Å²) in [6.07, 6.45) is 10.0. The van der Waals surface area contributed by atoms with E-state index in [0.29, 0.717) is 17.8 Å². The number of ether oxygens (including phenoxy) is 1. The Morgan fingerprint density at radius 3 is 2.78 bits per heavy atom. The lowest BCUT2D eigenvalue weighted by molar-refractivity contribution is 0.0200. The summed E-state index contributed by atoms with van der Waals surface area (Å²) in [5.74, 6) is 0.712. The van der Waals surface area contributed by atoms with Crippen molar-refractivity contribution in [1.29, 1.82) is 0 Å². The standard InChI is InChI=1S/C18H36N4O3S2/c1-3-19-18(22-15-7-6-9-17(13-15)26-2)20-10-12-27(23,24)21-14-16-8-4-5-11-25-16/h15-17,21H,3-14H2,1-2H3,(H2,19,20,22). The van der Waals surface area contributed by atoms with E-state index in [2.05, 4.69) is 26.6 Å². The van der Waals surface area contributed by atoms with E-state index < -0.39 is 10.0 Å². The third-order valence-corrected chi connectivity index (χ3v) is 7.50. The molecule has 1 heterocycles. The van der Waals surface area contributed by atoms with E-state index in [-0.39, 0.29) is 18.4 Å². The van der Waals surface area contributed by atoms with Gasteiger partial charge in [-0.05, 0) is 51.7 Å². The minimum atomic E-state index is -3.33. The Morgan fingerprint density at radius 1 is 1.22 bits per heavy atom. The van der Waals surface area contributed by atoms with Crippen LogP contribution < -0.4 is 15.4 Å². The summed E-state index contributed by atoms with van der Waals surface area (Å²) < 4.78 is 32.6. The summed E-state index contributed by atoms with van der Waals surface area (Å²) in [5, 5.41) is 7.41. The molecule has 2 aliphatic rings. The first kappa shape index (κ1) is 22.8. The SMILES string of the molecule is CCNC(=NCCS(=O)(=O)NCC1CCCCO1)NC1CCCC(SC)C1. The van der Waals surface area contributed by atoms with Crippen LogP contribution in [-0.4, -0.2) is 70.0 Å². The predicted molar refractivity (Wildman–Crippen MR) is 114 cm³/mol. The van der Waals surface area contributed by atoms with Crippen LogP contribution in [0.4, 0.5) is 0 Å². The van der Waals surface area contributed by atoms with E-state index in [1.165, 1.54) is 12.8 Å². The van der Waals surface area contributed by atoms with Gasteiger partial charge in [-0.2, -0.15) is 11.8 Å². The highest BCUT2D eigenvalue weighted by Crippen LogP contribution is 2.26. The number of hydrogen-bond donors (Lipinski definition) is 3. The van der Waals surface area contributed by atoms with Gasteiger partial charge in [0.05, 0.1) is 18.4 Å². The van der Waals surface area contributed by atoms with Gasteiger partial charge in [-0.1, -0.05) is 6.42 Å². The summed E-state index contributed by atoms with van der Waals surface area (Å²) in [5.41, 5.74) is 0. The summed E-state index contributed by atoms with van der Waals surface area (Å²) >= 11 is 1.93. The Balaban J connectivity index is 1.77. The first-order valence-electron chi connectivity index (χ1n) is 10.2. The topological polar surface area (TPSA) is 91.8 Å². The molecule has 0 radical (unpaired) electrons. The quantitative estimate of drug-likeness (QED) is 0.388. The molecule has 1 aliphatic carbocycles. The van der Waals surface area contributed by atoms with Gasteiger partial charge in [-0.15, -0.1) is 0 Å². The van der Waals surface area contributed by atoms with Crippen molar-refractivity contribution < 1.29 is 13.2 Å². The van der Waals surface area contributed by atoms with Crippen molar-refractivity contribution in [2.45, 2.75) is 69.3 Å². The summed E-state index contributed by atoms with van der Waals surface area (Å²) in [4.78, 5) is 4.48. The van der Waals surface area contributed by atoms with Gasteiger partial charge in [0.15, 0.2) is 5.96 Å². The van der Waals surface area contributed by atoms with Crippen molar-refractivity contribution in [3.8, 4) is 0 Å². The normalized spacial score (nSPS) is 27.3. The zero-order valence-corrected chi connectivity index (χ0v) is 18.3. The van der Waals surface area contributed by atoms with Crippen molar-refractivity contribution in [2.24, 2.45) is 4.99 Å². The molecule has 0 aromatic rings. The van der Waals surface area contributed by atoms with E-state index in [4.69, 9.17) is 4.74 Å². The molecule has 0 amide bonds. The van der Waals surface area contributed by atoms with Crippen LogP contribution in [0.15, 0.2) is 4.99 Å². The zero-order valence-electron chi connectivity index (χ0n) is 16.7. The van der Waals surface area contributed by atoms with E-state index in [1.54, 1.807) is 0 Å². The van der Waals surface area contributed by atoms with Crippen LogP contribution in [0.2, 0.25) is 0 Å². The molecular weight excluding hydrogens is 384 g/mol. The van der Waals surface area contributed by atoms with Gasteiger partial charge in [0.25, 0.3) is 0 Å². The summed E-state index contributed by atoms with van der Waals surface area (Å²) in [6.45, 7) is 4.12. The van der Waals surface area contributed by atoms with Crippen molar-refractivity contribution in [2.75, 3.05) is 38.2 Å². The van der Waals surface area contributed by atoms with Gasteiger partial charge < -0.3 is 15.4 Å². The third-order valence-electron chi connectivity index (χ3n) is 5.08. The molecule has 1 saturated heterocycles. The van der Waals surface area contributed by atoms with Gasteiger partial charge >= 0.3 is 0 Å². The van der Waals surface area contributed by atoms with E-state index in [1.807, 2.05) is 18.7 Å². The fourth-order valence-corrected chi connectivity index (χ4v) is 5.28. The molecule has 7 nitrogen and oxygen atoms in total. The van der Waals surface area contributed by atoms with Crippen molar-refractivity contribution in [3.05, 3.63) is 0 Å². The Hall–Kier alpha value is -0.510. The lowest BCUT2D eigenvalue weighted by Crippen LogP contribution is -2.46. The monoisotopic (exact) mass is 420 g/mol. The highest BCUT2D eigenvalue weighted by molar-refractivity contribution is 7.99. The third kappa shape index (κ3) is 9.02. The average Bonchev–Trinajstić information content (AvgIpc) is 2.67. The molecule has 3 atom stereocenters. The highest BCUT2D eigenvalue weighted by Gasteiger charge is 2.22. The fourth-order valence-electron chi connectivity index (χ4n) is 3.54. The van der Waals surface area contributed by atoms with E-state index in [0.717, 1.165) is 51.2 Å². The molecular formula is C18H36N4O3S2. The van der Waals surface area contributed by atoms with E-state index >= 15 is 0 Å². The molecule has 0 aromatic carbocycles. The molecule has 9 heteroatoms. The van der Waals surface area contributed by atoms with Gasteiger partial charge in [0.1, 0.15) is 0 Å². The smallest absolute Gasteiger partial charge is 0.213 e. The van der Waals surface area contributed by atoms with Crippen LogP contribution in [0.1, 0.15) is 51.9 Å². The molecule has 3 N–H and O–H groups in total. The van der Waals surface area contributed by atoms with Crippen LogP contribution in [0.5, 0.6) is 0 Å². The van der Waals surface area contributed by atoms with Crippen molar-refractivity contribution in [3.63, 3.8) is 0 Å². The van der Waals surface area contributed by atoms with E-state index in [9.17, 15) is 8.42 Å². The maximum Gasteiger partial charge on any atom is 0.213 e. The largest absolute Gasteiger partial charge is 0.377 e. The second-order valence-corrected chi connectivity index (χ2v) is 10.3. The van der Waals surface area contributed by atoms with Gasteiger partial charge in [0, 0.05) is 31.0 Å². The number of hydrogen-bond acceptors (Lipinski definition) is 5. The molecule has 158 valence electrons. The summed E-state index contributed by atoms with van der Waals surface area (Å²) in [6, 6.07) is 0.409. The van der Waals surface area contributed by atoms with Gasteiger partial charge in [0.2, 0.25) is 10.0 Å². The predicted octanol–water partition coefficient (Wildman–Crippen LogP) is 1.70. The molecule has 1 aliphatic heterocycles. The number of sulfonamides is 1. The van der Waals surface area contributed by atoms with Crippen LogP contribution in [0.25, 0.3) is 0 Å². The molecule has 3 unspecified atom stereocenters. The number of aliphatic imine (C=N–C) groups is 1. The lowest BCUT2D eigenvalue weighted by Gasteiger charge is -2.29. The molecule has 0 aromatic heterocycles. The first-order chi connectivity index (χ1) is 13.0. The molecule has 2 fully saturated rings. The number of thioether (sulfide) groups is 1. The molecule has 0 bridgehead atoms. The van der Waals surface area contributed by atoms with Crippen LogP contribution in [0.3, 0.4) is 0 Å². The number of rotatable bonds is 9. The first-order valence-corrected chi connectivity index (χ1v) is 13.1. The van der Waals surface area contributed by atoms with Crippen LogP contribution in [0, 0.1) is 0 Å². The number of nitrogens with zero attached hydrogens (tertiary/aromatic N) is 1. The Kier molecular flexibility index (Phi) is 10.2. The van der Waals surface area contributed by atoms with Gasteiger partial charge in [-0.25, -0.2) is 13.1 Å². The average molecular weight is 421 g/mol. The molecule has 0 spiro atoms. The molecule has 27 heavy (non-hydrogen) atoms. The Bertz CT molecular complexity index is 551. The Labute approximate surface area is 168 Å². The van der Waals surface area contributed by atoms with Crippen LogP contribution >= 0.6 is 11.8 Å². The highest BCUT2D eigenvalue weighted by atomic mass is 32.2. The number of nitrogens with one attached hydrogen (secondary N) is 3. The lowest BCUT2D eigenvalue weighted by atomic mass is 9.95. The van der Waals surface area contributed by atoms with Crippen molar-refractivity contribution in [1.82, 2.24) is 15.4 Å². The fraction of sp³-hybridized carbons (Fsp3) is 0.944. The number of guanidine groups is 1. The minimum absolute atomic E-state index is 0.00556. The maximum atomic E-state index is 12.2. The molecule has 2 rings (SSSR count). The Morgan fingerprint density at radius 2 is 2.07 bits per heavy atom. The minimum Gasteiger partial charge on any atom is -0.377 e. The summed E-state index contributed by atoms with van der Waals surface area (Å²) in [7, 11) is -3.33. The van der Waals surface area contributed by atoms with Crippen molar-refractivity contribution >= 4 is 27.7 Å². The second kappa shape index (κ2) is 12.1. The molecule has 1 saturated carbocycles. The second-order valence-electron chi connectivity index (χ2n) is 7.28.